The Morgan fingerprint density at radius 1 is 1.53 bits per heavy atom. The normalized spacial score (nSPS) is 10.5. The van der Waals surface area contributed by atoms with Crippen LogP contribution in [0, 0.1) is 11.3 Å². The Hall–Kier alpha value is -2.14. The standard InChI is InChI=1S/C11H13N3O4S/c1-18-11(15)3-2-6-19(16,17)14-10-5-4-9(7-12)8-13-10/h4-5,8H,2-3,6H2,1H3,(H,13,14). The van der Waals surface area contributed by atoms with Gasteiger partial charge in [-0.2, -0.15) is 5.26 Å². The van der Waals surface area contributed by atoms with Crippen molar-refractivity contribution in [2.45, 2.75) is 12.8 Å². The molecule has 0 radical (unpaired) electrons. The maximum absolute atomic E-state index is 11.7. The average Bonchev–Trinajstić information content (AvgIpc) is 2.38. The van der Waals surface area contributed by atoms with Crippen molar-refractivity contribution >= 4 is 21.8 Å². The van der Waals surface area contributed by atoms with Gasteiger partial charge >= 0.3 is 5.97 Å². The third-order valence-electron chi connectivity index (χ3n) is 2.17. The average molecular weight is 283 g/mol. The number of nitrogens with one attached hydrogen (secondary N) is 1. The molecule has 1 rings (SSSR count). The zero-order chi connectivity index (χ0) is 14.3. The van der Waals surface area contributed by atoms with Crippen LogP contribution in [0.2, 0.25) is 0 Å². The van der Waals surface area contributed by atoms with E-state index in [9.17, 15) is 13.2 Å². The van der Waals surface area contributed by atoms with Gasteiger partial charge < -0.3 is 4.74 Å². The Bertz CT molecular complexity index is 575. The minimum Gasteiger partial charge on any atom is -0.469 e. The summed E-state index contributed by atoms with van der Waals surface area (Å²) in [6, 6.07) is 4.74. The second-order valence-electron chi connectivity index (χ2n) is 3.64. The fourth-order valence-corrected chi connectivity index (χ4v) is 2.31. The number of carbonyl (C=O) groups is 1. The Morgan fingerprint density at radius 3 is 2.79 bits per heavy atom. The largest absolute Gasteiger partial charge is 0.469 e. The summed E-state index contributed by atoms with van der Waals surface area (Å²) < 4.78 is 30.0. The molecule has 0 aromatic carbocycles. The first-order chi connectivity index (χ1) is 8.96. The topological polar surface area (TPSA) is 109 Å². The van der Waals surface area contributed by atoms with Crippen molar-refractivity contribution in [3.05, 3.63) is 23.9 Å². The van der Waals surface area contributed by atoms with Crippen molar-refractivity contribution in [1.82, 2.24) is 4.98 Å². The molecule has 0 unspecified atom stereocenters. The molecule has 1 aromatic rings. The van der Waals surface area contributed by atoms with Crippen molar-refractivity contribution in [3.8, 4) is 6.07 Å². The molecule has 8 heteroatoms. The highest BCUT2D eigenvalue weighted by Crippen LogP contribution is 2.08. The van der Waals surface area contributed by atoms with Crippen molar-refractivity contribution in [2.75, 3.05) is 17.6 Å². The van der Waals surface area contributed by atoms with Crippen molar-refractivity contribution in [3.63, 3.8) is 0 Å². The number of ether oxygens (including phenoxy) is 1. The predicted molar refractivity (Wildman–Crippen MR) is 67.6 cm³/mol. The number of methoxy groups -OCH3 is 1. The van der Waals surface area contributed by atoms with Crippen LogP contribution in [0.15, 0.2) is 18.3 Å². The molecule has 0 bridgehead atoms. The molecular formula is C11H13N3O4S. The van der Waals surface area contributed by atoms with Gasteiger partial charge in [-0.25, -0.2) is 13.4 Å². The van der Waals surface area contributed by atoms with E-state index in [0.717, 1.165) is 0 Å². The molecule has 0 aliphatic rings. The summed E-state index contributed by atoms with van der Waals surface area (Å²) in [5.41, 5.74) is 0.341. The second-order valence-corrected chi connectivity index (χ2v) is 5.49. The molecule has 0 aliphatic heterocycles. The van der Waals surface area contributed by atoms with Gasteiger partial charge in [0, 0.05) is 12.6 Å². The summed E-state index contributed by atoms with van der Waals surface area (Å²) >= 11 is 0. The Morgan fingerprint density at radius 2 is 2.26 bits per heavy atom. The number of sulfonamides is 1. The van der Waals surface area contributed by atoms with E-state index in [1.165, 1.54) is 25.4 Å². The number of rotatable bonds is 6. The van der Waals surface area contributed by atoms with E-state index >= 15 is 0 Å². The van der Waals surface area contributed by atoms with E-state index in [-0.39, 0.29) is 24.4 Å². The number of pyridine rings is 1. The highest BCUT2D eigenvalue weighted by atomic mass is 32.2. The lowest BCUT2D eigenvalue weighted by atomic mass is 10.3. The van der Waals surface area contributed by atoms with Gasteiger partial charge in [0.05, 0.1) is 18.4 Å². The van der Waals surface area contributed by atoms with Gasteiger partial charge in [-0.05, 0) is 18.6 Å². The molecule has 0 aliphatic carbocycles. The van der Waals surface area contributed by atoms with Gasteiger partial charge in [-0.3, -0.25) is 9.52 Å². The van der Waals surface area contributed by atoms with Crippen molar-refractivity contribution < 1.29 is 17.9 Å². The Kier molecular flexibility index (Phi) is 5.26. The summed E-state index contributed by atoms with van der Waals surface area (Å²) in [5, 5.41) is 8.58. The summed E-state index contributed by atoms with van der Waals surface area (Å²) in [7, 11) is -2.32. The van der Waals surface area contributed by atoms with Crippen molar-refractivity contribution in [1.29, 1.82) is 5.26 Å². The van der Waals surface area contributed by atoms with Gasteiger partial charge in [0.25, 0.3) is 0 Å². The number of nitrogens with zero attached hydrogens (tertiary/aromatic N) is 2. The number of anilines is 1. The molecule has 0 fully saturated rings. The van der Waals surface area contributed by atoms with E-state index in [1.807, 2.05) is 6.07 Å². The van der Waals surface area contributed by atoms with Crippen LogP contribution in [-0.2, 0) is 19.6 Å². The molecule has 0 atom stereocenters. The van der Waals surface area contributed by atoms with Gasteiger partial charge in [0.2, 0.25) is 10.0 Å². The fraction of sp³-hybridized carbons (Fsp3) is 0.364. The van der Waals surface area contributed by atoms with E-state index in [1.54, 1.807) is 0 Å². The summed E-state index contributed by atoms with van der Waals surface area (Å²) in [6.45, 7) is 0. The van der Waals surface area contributed by atoms with Crippen molar-refractivity contribution in [2.24, 2.45) is 0 Å². The quantitative estimate of drug-likeness (QED) is 0.767. The Labute approximate surface area is 111 Å². The van der Waals surface area contributed by atoms with Gasteiger partial charge in [-0.15, -0.1) is 0 Å². The lowest BCUT2D eigenvalue weighted by Crippen LogP contribution is -2.18. The molecule has 1 N–H and O–H groups in total. The molecule has 1 heterocycles. The van der Waals surface area contributed by atoms with Crippen LogP contribution in [-0.4, -0.2) is 32.2 Å². The number of aromatic nitrogens is 1. The maximum atomic E-state index is 11.7. The van der Waals surface area contributed by atoms with Crippen LogP contribution in [0.4, 0.5) is 5.82 Å². The molecule has 7 nitrogen and oxygen atoms in total. The zero-order valence-electron chi connectivity index (χ0n) is 10.3. The third kappa shape index (κ3) is 5.35. The van der Waals surface area contributed by atoms with E-state index in [4.69, 9.17) is 5.26 Å². The minimum absolute atomic E-state index is 0.0399. The minimum atomic E-state index is -3.56. The molecule has 0 spiro atoms. The fourth-order valence-electron chi connectivity index (χ4n) is 1.24. The molecule has 19 heavy (non-hydrogen) atoms. The number of hydrogen-bond donors (Lipinski definition) is 1. The molecule has 0 amide bonds. The van der Waals surface area contributed by atoms with Crippen LogP contribution in [0.1, 0.15) is 18.4 Å². The second kappa shape index (κ2) is 6.70. The SMILES string of the molecule is COC(=O)CCCS(=O)(=O)Nc1ccc(C#N)cn1. The maximum Gasteiger partial charge on any atom is 0.305 e. The van der Waals surface area contributed by atoms with Crippen LogP contribution < -0.4 is 4.72 Å². The van der Waals surface area contributed by atoms with Gasteiger partial charge in [0.1, 0.15) is 11.9 Å². The Balaban J connectivity index is 2.54. The first kappa shape index (κ1) is 14.9. The van der Waals surface area contributed by atoms with Crippen LogP contribution >= 0.6 is 0 Å². The molecule has 102 valence electrons. The van der Waals surface area contributed by atoms with Gasteiger partial charge in [0.15, 0.2) is 0 Å². The zero-order valence-corrected chi connectivity index (χ0v) is 11.1. The molecule has 1 aromatic heterocycles. The number of nitriles is 1. The summed E-state index contributed by atoms with van der Waals surface area (Å²) in [6.07, 6.45) is 1.47. The van der Waals surface area contributed by atoms with E-state index in [2.05, 4.69) is 14.4 Å². The third-order valence-corrected chi connectivity index (χ3v) is 3.52. The first-order valence-corrected chi connectivity index (χ1v) is 7.05. The predicted octanol–water partition coefficient (Wildman–Crippen LogP) is 0.648. The lowest BCUT2D eigenvalue weighted by Gasteiger charge is -2.06. The summed E-state index contributed by atoms with van der Waals surface area (Å²) in [5.74, 6) is -0.521. The van der Waals surface area contributed by atoms with E-state index < -0.39 is 16.0 Å². The molecule has 0 saturated carbocycles. The highest BCUT2D eigenvalue weighted by molar-refractivity contribution is 7.92. The molecule has 0 saturated heterocycles. The van der Waals surface area contributed by atoms with Crippen LogP contribution in [0.3, 0.4) is 0 Å². The summed E-state index contributed by atoms with van der Waals surface area (Å²) in [4.78, 5) is 14.6. The first-order valence-electron chi connectivity index (χ1n) is 5.40. The van der Waals surface area contributed by atoms with Crippen LogP contribution in [0.5, 0.6) is 0 Å². The monoisotopic (exact) mass is 283 g/mol. The van der Waals surface area contributed by atoms with Gasteiger partial charge in [-0.1, -0.05) is 0 Å². The van der Waals surface area contributed by atoms with Crippen LogP contribution in [0.25, 0.3) is 0 Å². The number of esters is 1. The smallest absolute Gasteiger partial charge is 0.305 e. The van der Waals surface area contributed by atoms with E-state index in [0.29, 0.717) is 5.56 Å². The molecular weight excluding hydrogens is 270 g/mol. The lowest BCUT2D eigenvalue weighted by molar-refractivity contribution is -0.140. The highest BCUT2D eigenvalue weighted by Gasteiger charge is 2.12. The number of carbonyl (C=O) groups excluding carboxylic acids is 1. The number of hydrogen-bond acceptors (Lipinski definition) is 6.